The third-order valence-corrected chi connectivity index (χ3v) is 13.2. The van der Waals surface area contributed by atoms with Crippen LogP contribution in [0.5, 0.6) is 11.5 Å². The summed E-state index contributed by atoms with van der Waals surface area (Å²) in [7, 11) is -4.21. The van der Waals surface area contributed by atoms with Gasteiger partial charge in [-0.3, -0.25) is 28.8 Å². The number of nitrogens with zero attached hydrogens (tertiary/aromatic N) is 1. The number of carbonyl (C=O) groups is 6. The summed E-state index contributed by atoms with van der Waals surface area (Å²) in [5, 5.41) is 14.4. The highest BCUT2D eigenvalue weighted by Crippen LogP contribution is 2.53. The molecule has 3 aromatic rings. The Morgan fingerprint density at radius 1 is 0.591 bits per heavy atom. The van der Waals surface area contributed by atoms with Crippen molar-refractivity contribution in [1.82, 2.24) is 31.5 Å². The monoisotopic (exact) mass is 931 g/mol. The van der Waals surface area contributed by atoms with E-state index in [2.05, 4.69) is 26.6 Å². The molecule has 3 aromatic carbocycles. The van der Waals surface area contributed by atoms with E-state index in [0.717, 1.165) is 5.56 Å². The van der Waals surface area contributed by atoms with Gasteiger partial charge >= 0.3 is 7.60 Å². The molecule has 1 aliphatic rings. The average molecular weight is 931 g/mol. The van der Waals surface area contributed by atoms with Crippen LogP contribution in [-0.4, -0.2) is 82.9 Å². The second-order valence-corrected chi connectivity index (χ2v) is 20.8. The van der Waals surface area contributed by atoms with Crippen molar-refractivity contribution in [3.05, 3.63) is 96.6 Å². The van der Waals surface area contributed by atoms with E-state index in [-0.39, 0.29) is 66.8 Å². The van der Waals surface area contributed by atoms with Gasteiger partial charge in [-0.15, -0.1) is 0 Å². The second kappa shape index (κ2) is 25.3. The van der Waals surface area contributed by atoms with Crippen LogP contribution >= 0.6 is 7.60 Å². The Hall–Kier alpha value is -5.69. The van der Waals surface area contributed by atoms with Crippen molar-refractivity contribution in [2.75, 3.05) is 6.54 Å². The Kier molecular flexibility index (Phi) is 20.3. The zero-order valence-electron chi connectivity index (χ0n) is 40.0. The molecule has 6 atom stereocenters. The molecule has 1 fully saturated rings. The molecule has 0 aromatic heterocycles. The molecule has 16 heteroatoms. The Balaban J connectivity index is 1.59. The number of nitrogens with one attached hydrogen (secondary N) is 5. The van der Waals surface area contributed by atoms with E-state index in [1.807, 2.05) is 71.9 Å². The van der Waals surface area contributed by atoms with Crippen molar-refractivity contribution in [3.63, 3.8) is 0 Å². The number of hydrogen-bond donors (Lipinski definition) is 5. The Bertz CT molecular complexity index is 2060. The maximum absolute atomic E-state index is 15.0. The Morgan fingerprint density at radius 2 is 1.03 bits per heavy atom. The van der Waals surface area contributed by atoms with Crippen LogP contribution in [0.4, 0.5) is 0 Å². The molecule has 1 saturated heterocycles. The van der Waals surface area contributed by atoms with Crippen LogP contribution in [0.15, 0.2) is 91.0 Å². The van der Waals surface area contributed by atoms with Gasteiger partial charge in [0, 0.05) is 19.9 Å². The van der Waals surface area contributed by atoms with Crippen LogP contribution in [0.2, 0.25) is 0 Å². The topological polar surface area (TPSA) is 201 Å². The summed E-state index contributed by atoms with van der Waals surface area (Å²) in [5.41, 5.74) is 0.741. The molecule has 0 bridgehead atoms. The lowest BCUT2D eigenvalue weighted by molar-refractivity contribution is -0.139. The molecule has 66 heavy (non-hydrogen) atoms. The molecule has 1 aliphatic heterocycles. The van der Waals surface area contributed by atoms with Crippen LogP contribution in [0, 0.1) is 23.7 Å². The van der Waals surface area contributed by atoms with Gasteiger partial charge in [-0.2, -0.15) is 0 Å². The van der Waals surface area contributed by atoms with Crippen molar-refractivity contribution in [3.8, 4) is 11.5 Å². The minimum Gasteiger partial charge on any atom is -0.415 e. The van der Waals surface area contributed by atoms with Crippen molar-refractivity contribution < 1.29 is 42.4 Å². The highest BCUT2D eigenvalue weighted by atomic mass is 31.2. The van der Waals surface area contributed by atoms with Crippen LogP contribution in [0.25, 0.3) is 0 Å². The standard InChI is InChI=1S/C50H71N6O9P/c1-32(2)28-40(51-47(59)42(31-37-20-13-10-14-21-37)53-50(62)45(35(7)8)55-49(61)43-26-19-27-56(43)36(9)57)46(58)52-41(29-33(3)4)48(60)54-44(30-34(5)6)66(63,64-38-22-15-11-16-23-38)65-39-24-17-12-18-25-39/h10-18,20-25,32-35,40-45H,19,26-31H2,1-9H3,(H,51,59)(H,52,58)(H,53,62)(H,54,60)(H,55,61)/t40-,41-,42-,43-,44?,45-/m0/s1. The molecule has 0 radical (unpaired) electrons. The molecule has 360 valence electrons. The average Bonchev–Trinajstić information content (AvgIpc) is 3.76. The maximum Gasteiger partial charge on any atom is 0.452 e. The van der Waals surface area contributed by atoms with Crippen molar-refractivity contribution in [2.24, 2.45) is 23.7 Å². The minimum absolute atomic E-state index is 0.0630. The number of carbonyl (C=O) groups excluding carboxylic acids is 6. The van der Waals surface area contributed by atoms with E-state index in [4.69, 9.17) is 9.05 Å². The van der Waals surface area contributed by atoms with Gasteiger partial charge in [-0.05, 0) is 85.6 Å². The molecule has 1 heterocycles. The summed E-state index contributed by atoms with van der Waals surface area (Å²) in [5.74, 6) is -4.29. The molecule has 0 aliphatic carbocycles. The quantitative estimate of drug-likeness (QED) is 0.0602. The second-order valence-electron chi connectivity index (χ2n) is 18.7. The normalized spacial score (nSPS) is 16.2. The molecular weight excluding hydrogens is 860 g/mol. The molecule has 6 amide bonds. The van der Waals surface area contributed by atoms with Gasteiger partial charge in [-0.1, -0.05) is 122 Å². The van der Waals surface area contributed by atoms with E-state index in [9.17, 15) is 33.3 Å². The molecule has 0 spiro atoms. The predicted octanol–water partition coefficient (Wildman–Crippen LogP) is 6.77. The van der Waals surface area contributed by atoms with Crippen LogP contribution in [0.3, 0.4) is 0 Å². The minimum atomic E-state index is -4.21. The lowest BCUT2D eigenvalue weighted by Crippen LogP contribution is -2.60. The Labute approximate surface area is 390 Å². The number of likely N-dealkylation sites (tertiary alicyclic amines) is 1. The SMILES string of the molecule is CC(=O)N1CCC[C@H]1C(=O)N[C@H](C(=O)N[C@@H](Cc1ccccc1)C(=O)N[C@@H](CC(C)C)C(=O)N[C@@H](CC(C)C)C(=O)NC(CC(C)C)P(=O)(Oc1ccccc1)Oc1ccccc1)C(C)C. The highest BCUT2D eigenvalue weighted by Gasteiger charge is 2.43. The zero-order chi connectivity index (χ0) is 48.6. The zero-order valence-corrected chi connectivity index (χ0v) is 40.8. The van der Waals surface area contributed by atoms with E-state index >= 15 is 0 Å². The maximum atomic E-state index is 15.0. The number of rotatable bonds is 24. The summed E-state index contributed by atoms with van der Waals surface area (Å²) in [6.07, 6.45) is 1.82. The third-order valence-electron chi connectivity index (χ3n) is 11.1. The first-order valence-corrected chi connectivity index (χ1v) is 24.8. The van der Waals surface area contributed by atoms with E-state index < -0.39 is 73.1 Å². The fraction of sp³-hybridized carbons (Fsp3) is 0.520. The van der Waals surface area contributed by atoms with E-state index in [0.29, 0.717) is 19.4 Å². The first kappa shape index (κ1) is 52.9. The number of hydrogen-bond acceptors (Lipinski definition) is 9. The molecule has 0 saturated carbocycles. The molecule has 15 nitrogen and oxygen atoms in total. The summed E-state index contributed by atoms with van der Waals surface area (Å²) < 4.78 is 27.2. The molecular formula is C50H71N6O9P. The Morgan fingerprint density at radius 3 is 1.48 bits per heavy atom. The van der Waals surface area contributed by atoms with Gasteiger partial charge in [-0.25, -0.2) is 4.57 Å². The summed E-state index contributed by atoms with van der Waals surface area (Å²) in [6.45, 7) is 16.9. The summed E-state index contributed by atoms with van der Waals surface area (Å²) in [6, 6.07) is 21.1. The van der Waals surface area contributed by atoms with Crippen molar-refractivity contribution in [1.29, 1.82) is 0 Å². The largest absolute Gasteiger partial charge is 0.452 e. The van der Waals surface area contributed by atoms with Gasteiger partial charge in [0.1, 0.15) is 41.7 Å². The fourth-order valence-electron chi connectivity index (χ4n) is 7.85. The first-order chi connectivity index (χ1) is 31.3. The summed E-state index contributed by atoms with van der Waals surface area (Å²) >= 11 is 0. The smallest absolute Gasteiger partial charge is 0.415 e. The highest BCUT2D eigenvalue weighted by molar-refractivity contribution is 7.55. The van der Waals surface area contributed by atoms with E-state index in [1.54, 1.807) is 74.5 Å². The van der Waals surface area contributed by atoms with Crippen molar-refractivity contribution >= 4 is 43.0 Å². The lowest BCUT2D eigenvalue weighted by atomic mass is 9.98. The number of para-hydroxylation sites is 2. The van der Waals surface area contributed by atoms with E-state index in [1.165, 1.54) is 11.8 Å². The number of benzene rings is 3. The molecule has 5 N–H and O–H groups in total. The third kappa shape index (κ3) is 16.3. The van der Waals surface area contributed by atoms with Gasteiger partial charge in [0.05, 0.1) is 0 Å². The van der Waals surface area contributed by atoms with Gasteiger partial charge in [0.25, 0.3) is 0 Å². The van der Waals surface area contributed by atoms with Crippen molar-refractivity contribution in [2.45, 2.75) is 137 Å². The van der Waals surface area contributed by atoms with Gasteiger partial charge in [0.15, 0.2) is 5.78 Å². The molecule has 4 rings (SSSR count). The van der Waals surface area contributed by atoms with Crippen LogP contribution in [-0.2, 0) is 39.8 Å². The van der Waals surface area contributed by atoms with Crippen LogP contribution < -0.4 is 35.6 Å². The van der Waals surface area contributed by atoms with Gasteiger partial charge < -0.3 is 40.5 Å². The predicted molar refractivity (Wildman–Crippen MR) is 255 cm³/mol. The summed E-state index contributed by atoms with van der Waals surface area (Å²) in [4.78, 5) is 84.5. The first-order valence-electron chi connectivity index (χ1n) is 23.2. The molecule has 1 unspecified atom stereocenters. The lowest BCUT2D eigenvalue weighted by Gasteiger charge is -2.31. The van der Waals surface area contributed by atoms with Crippen LogP contribution in [0.1, 0.15) is 100.0 Å². The van der Waals surface area contributed by atoms with Gasteiger partial charge in [0.2, 0.25) is 35.4 Å². The number of amides is 6. The fourth-order valence-corrected chi connectivity index (χ4v) is 9.94.